The highest BCUT2D eigenvalue weighted by Gasteiger charge is 2.50. The molecule has 5 rings (SSSR count). The van der Waals surface area contributed by atoms with Gasteiger partial charge in [0.1, 0.15) is 17.1 Å². The highest BCUT2D eigenvalue weighted by atomic mass is 32.1. The molecule has 1 N–H and O–H groups in total. The van der Waals surface area contributed by atoms with Crippen LogP contribution in [0.5, 0.6) is 11.5 Å². The Kier molecular flexibility index (Phi) is 5.60. The monoisotopic (exact) mass is 480 g/mol. The maximum absolute atomic E-state index is 13.3. The Morgan fingerprint density at radius 1 is 1.18 bits per heavy atom. The van der Waals surface area contributed by atoms with Crippen LogP contribution < -0.4 is 14.8 Å². The lowest BCUT2D eigenvalue weighted by atomic mass is 9.91. The van der Waals surface area contributed by atoms with Gasteiger partial charge in [-0.1, -0.05) is 18.2 Å². The molecule has 1 unspecified atom stereocenters. The molecular weight excluding hydrogens is 456 g/mol. The van der Waals surface area contributed by atoms with Crippen molar-refractivity contribution in [3.8, 4) is 11.5 Å². The highest BCUT2D eigenvalue weighted by molar-refractivity contribution is 7.18. The maximum atomic E-state index is 13.3. The van der Waals surface area contributed by atoms with Gasteiger partial charge in [0.05, 0.1) is 30.0 Å². The number of imide groups is 1. The Balaban J connectivity index is 1.30. The first kappa shape index (κ1) is 22.1. The average molecular weight is 481 g/mol. The lowest BCUT2D eigenvalue weighted by Gasteiger charge is -2.24. The van der Waals surface area contributed by atoms with E-state index in [9.17, 15) is 14.4 Å². The molecule has 4 amide bonds. The third-order valence-corrected chi connectivity index (χ3v) is 7.05. The summed E-state index contributed by atoms with van der Waals surface area (Å²) in [5.74, 6) is 0.285. The molecule has 2 aliphatic heterocycles. The summed E-state index contributed by atoms with van der Waals surface area (Å²) < 4.78 is 12.4. The first-order chi connectivity index (χ1) is 16.3. The van der Waals surface area contributed by atoms with E-state index in [1.54, 1.807) is 32.2 Å². The van der Waals surface area contributed by atoms with Crippen LogP contribution in [0.15, 0.2) is 42.5 Å². The van der Waals surface area contributed by atoms with E-state index >= 15 is 0 Å². The Morgan fingerprint density at radius 3 is 2.74 bits per heavy atom. The van der Waals surface area contributed by atoms with Crippen molar-refractivity contribution in [2.45, 2.75) is 25.4 Å². The fraction of sp³-hybridized carbons (Fsp3) is 0.333. The van der Waals surface area contributed by atoms with E-state index in [2.05, 4.69) is 10.3 Å². The molecule has 3 heterocycles. The van der Waals surface area contributed by atoms with E-state index in [0.717, 1.165) is 26.5 Å². The van der Waals surface area contributed by atoms with E-state index in [-0.39, 0.29) is 12.5 Å². The average Bonchev–Trinajstić information content (AvgIpc) is 3.20. The van der Waals surface area contributed by atoms with Gasteiger partial charge >= 0.3 is 6.03 Å². The SMILES string of the molecule is CN(Cc1nc2ccccc2s1)C(=O)CN1C(=O)NC(C)(c2ccc3c(c2)OCCCO3)C1=O. The van der Waals surface area contributed by atoms with Crippen LogP contribution in [-0.4, -0.2) is 59.4 Å². The Labute approximate surface area is 200 Å². The number of para-hydroxylation sites is 1. The number of hydrogen-bond acceptors (Lipinski definition) is 7. The van der Waals surface area contributed by atoms with E-state index in [0.29, 0.717) is 36.8 Å². The molecule has 2 aromatic carbocycles. The molecule has 2 aliphatic rings. The van der Waals surface area contributed by atoms with Crippen molar-refractivity contribution in [3.05, 3.63) is 53.0 Å². The minimum atomic E-state index is -1.31. The number of ether oxygens (including phenoxy) is 2. The molecule has 0 saturated carbocycles. The number of fused-ring (bicyclic) bond motifs is 2. The molecule has 176 valence electrons. The molecule has 0 bridgehead atoms. The van der Waals surface area contributed by atoms with Crippen LogP contribution in [0.2, 0.25) is 0 Å². The van der Waals surface area contributed by atoms with Crippen LogP contribution in [-0.2, 0) is 21.7 Å². The normalized spacial score (nSPS) is 19.8. The first-order valence-electron chi connectivity index (χ1n) is 11.0. The zero-order chi connectivity index (χ0) is 23.9. The summed E-state index contributed by atoms with van der Waals surface area (Å²) in [4.78, 5) is 45.9. The standard InChI is InChI=1S/C24H24N4O5S/c1-24(15-8-9-17-18(12-15)33-11-5-10-32-17)22(30)28(23(31)26-24)14-21(29)27(2)13-20-25-16-6-3-4-7-19(16)34-20/h3-4,6-9,12H,5,10-11,13-14H2,1-2H3,(H,26,31). The quantitative estimate of drug-likeness (QED) is 0.564. The van der Waals surface area contributed by atoms with E-state index in [4.69, 9.17) is 9.47 Å². The number of hydrogen-bond donors (Lipinski definition) is 1. The van der Waals surface area contributed by atoms with Crippen molar-refractivity contribution >= 4 is 39.4 Å². The van der Waals surface area contributed by atoms with Crippen molar-refractivity contribution in [1.82, 2.24) is 20.1 Å². The summed E-state index contributed by atoms with van der Waals surface area (Å²) in [7, 11) is 1.63. The molecule has 10 heteroatoms. The molecule has 1 atom stereocenters. The Morgan fingerprint density at radius 2 is 1.94 bits per heavy atom. The van der Waals surface area contributed by atoms with Gasteiger partial charge in [0.15, 0.2) is 11.5 Å². The molecule has 0 spiro atoms. The van der Waals surface area contributed by atoms with Gasteiger partial charge in [-0.3, -0.25) is 14.5 Å². The molecule has 1 saturated heterocycles. The van der Waals surface area contributed by atoms with Crippen LogP contribution in [0.1, 0.15) is 23.9 Å². The lowest BCUT2D eigenvalue weighted by molar-refractivity contribution is -0.138. The zero-order valence-electron chi connectivity index (χ0n) is 18.9. The second-order valence-electron chi connectivity index (χ2n) is 8.48. The van der Waals surface area contributed by atoms with Gasteiger partial charge in [-0.25, -0.2) is 9.78 Å². The molecular formula is C24H24N4O5S. The molecule has 34 heavy (non-hydrogen) atoms. The summed E-state index contributed by atoms with van der Waals surface area (Å²) >= 11 is 1.51. The second-order valence-corrected chi connectivity index (χ2v) is 9.60. The third kappa shape index (κ3) is 3.94. The van der Waals surface area contributed by atoms with Gasteiger partial charge in [-0.05, 0) is 36.8 Å². The number of aromatic nitrogens is 1. The largest absolute Gasteiger partial charge is 0.490 e. The van der Waals surface area contributed by atoms with Crippen LogP contribution in [0, 0.1) is 0 Å². The molecule has 9 nitrogen and oxygen atoms in total. The lowest BCUT2D eigenvalue weighted by Crippen LogP contribution is -2.43. The van der Waals surface area contributed by atoms with Gasteiger partial charge in [0.25, 0.3) is 5.91 Å². The number of likely N-dealkylation sites (N-methyl/N-ethyl adjacent to an activating group) is 1. The summed E-state index contributed by atoms with van der Waals surface area (Å²) in [5, 5.41) is 3.52. The first-order valence-corrected chi connectivity index (χ1v) is 11.8. The predicted octanol–water partition coefficient (Wildman–Crippen LogP) is 2.88. The van der Waals surface area contributed by atoms with Crippen LogP contribution in [0.3, 0.4) is 0 Å². The summed E-state index contributed by atoms with van der Waals surface area (Å²) in [6.07, 6.45) is 0.761. The number of amides is 4. The molecule has 0 aliphatic carbocycles. The molecule has 1 aromatic heterocycles. The summed E-state index contributed by atoms with van der Waals surface area (Å²) in [6, 6.07) is 12.3. The highest BCUT2D eigenvalue weighted by Crippen LogP contribution is 2.36. The number of nitrogens with zero attached hydrogens (tertiary/aromatic N) is 3. The maximum Gasteiger partial charge on any atom is 0.325 e. The third-order valence-electron chi connectivity index (χ3n) is 6.03. The number of benzene rings is 2. The Bertz CT molecular complexity index is 1260. The Hall–Kier alpha value is -3.66. The molecule has 1 fully saturated rings. The van der Waals surface area contributed by atoms with Gasteiger partial charge < -0.3 is 19.7 Å². The zero-order valence-corrected chi connectivity index (χ0v) is 19.7. The minimum Gasteiger partial charge on any atom is -0.490 e. The molecule has 3 aromatic rings. The van der Waals surface area contributed by atoms with Crippen LogP contribution >= 0.6 is 11.3 Å². The van der Waals surface area contributed by atoms with E-state index in [1.165, 1.54) is 16.2 Å². The fourth-order valence-electron chi connectivity index (χ4n) is 4.05. The summed E-state index contributed by atoms with van der Waals surface area (Å²) in [6.45, 7) is 2.63. The van der Waals surface area contributed by atoms with Gasteiger partial charge in [-0.2, -0.15) is 0 Å². The number of urea groups is 1. The van der Waals surface area contributed by atoms with E-state index in [1.807, 2.05) is 24.3 Å². The van der Waals surface area contributed by atoms with Gasteiger partial charge in [-0.15, -0.1) is 11.3 Å². The van der Waals surface area contributed by atoms with Crippen LogP contribution in [0.4, 0.5) is 4.79 Å². The number of nitrogens with one attached hydrogen (secondary N) is 1. The number of carbonyl (C=O) groups is 3. The number of rotatable bonds is 5. The topological polar surface area (TPSA) is 101 Å². The smallest absolute Gasteiger partial charge is 0.325 e. The van der Waals surface area contributed by atoms with Crippen molar-refractivity contribution in [1.29, 1.82) is 0 Å². The van der Waals surface area contributed by atoms with Crippen molar-refractivity contribution in [3.63, 3.8) is 0 Å². The van der Waals surface area contributed by atoms with Gasteiger partial charge in [0, 0.05) is 13.5 Å². The van der Waals surface area contributed by atoms with Crippen molar-refractivity contribution < 1.29 is 23.9 Å². The van der Waals surface area contributed by atoms with Crippen molar-refractivity contribution in [2.75, 3.05) is 26.8 Å². The second kappa shape index (κ2) is 8.60. The number of thiazole rings is 1. The minimum absolute atomic E-state index is 0.293. The number of carbonyl (C=O) groups excluding carboxylic acids is 3. The predicted molar refractivity (Wildman–Crippen MR) is 126 cm³/mol. The van der Waals surface area contributed by atoms with Crippen molar-refractivity contribution in [2.24, 2.45) is 0 Å². The summed E-state index contributed by atoms with van der Waals surface area (Å²) in [5.41, 5.74) is 0.129. The van der Waals surface area contributed by atoms with Crippen LogP contribution in [0.25, 0.3) is 10.2 Å². The molecule has 0 radical (unpaired) electrons. The fourth-order valence-corrected chi connectivity index (χ4v) is 5.07. The van der Waals surface area contributed by atoms with Gasteiger partial charge in [0.2, 0.25) is 5.91 Å². The van der Waals surface area contributed by atoms with E-state index < -0.39 is 17.5 Å².